The van der Waals surface area contributed by atoms with E-state index >= 15 is 0 Å². The SMILES string of the molecule is Nc1ncc(CN2CCN(Cc3csc(-c4ccccc4)n3)CC2)s1. The Labute approximate surface area is 155 Å². The van der Waals surface area contributed by atoms with E-state index < -0.39 is 0 Å². The van der Waals surface area contributed by atoms with Crippen LogP contribution in [0.2, 0.25) is 0 Å². The van der Waals surface area contributed by atoms with Gasteiger partial charge in [-0.2, -0.15) is 0 Å². The Morgan fingerprint density at radius 3 is 2.40 bits per heavy atom. The normalized spacial score (nSPS) is 16.3. The van der Waals surface area contributed by atoms with Crippen molar-refractivity contribution in [1.29, 1.82) is 0 Å². The second kappa shape index (κ2) is 7.61. The number of hydrogen-bond acceptors (Lipinski definition) is 7. The summed E-state index contributed by atoms with van der Waals surface area (Å²) in [5.74, 6) is 0. The quantitative estimate of drug-likeness (QED) is 0.746. The first-order valence-corrected chi connectivity index (χ1v) is 10.1. The summed E-state index contributed by atoms with van der Waals surface area (Å²) in [7, 11) is 0. The third-order valence-electron chi connectivity index (χ3n) is 4.37. The van der Waals surface area contributed by atoms with Crippen molar-refractivity contribution in [1.82, 2.24) is 19.8 Å². The minimum Gasteiger partial charge on any atom is -0.375 e. The van der Waals surface area contributed by atoms with Gasteiger partial charge in [0.15, 0.2) is 5.13 Å². The van der Waals surface area contributed by atoms with Crippen LogP contribution in [-0.2, 0) is 13.1 Å². The summed E-state index contributed by atoms with van der Waals surface area (Å²) in [6, 6.07) is 10.4. The first kappa shape index (κ1) is 16.7. The first-order valence-electron chi connectivity index (χ1n) is 8.41. The van der Waals surface area contributed by atoms with Gasteiger partial charge in [-0.15, -0.1) is 22.7 Å². The average molecular weight is 372 g/mol. The summed E-state index contributed by atoms with van der Waals surface area (Å²) >= 11 is 3.32. The number of nitrogens with two attached hydrogens (primary N) is 1. The standard InChI is InChI=1S/C18H21N5S2/c19-18-20-10-16(25-18)12-23-8-6-22(7-9-23)11-15-13-24-17(21-15)14-4-2-1-3-5-14/h1-5,10,13H,6-9,11-12H2,(H2,19,20). The van der Waals surface area contributed by atoms with Gasteiger partial charge in [0, 0.05) is 61.3 Å². The van der Waals surface area contributed by atoms with Crippen LogP contribution >= 0.6 is 22.7 Å². The lowest BCUT2D eigenvalue weighted by Gasteiger charge is -2.33. The fourth-order valence-corrected chi connectivity index (χ4v) is 4.59. The molecule has 1 aromatic carbocycles. The van der Waals surface area contributed by atoms with E-state index in [4.69, 9.17) is 10.7 Å². The number of thiazole rings is 2. The Hall–Kier alpha value is -1.80. The molecule has 5 nitrogen and oxygen atoms in total. The van der Waals surface area contributed by atoms with Crippen LogP contribution < -0.4 is 5.73 Å². The highest BCUT2D eigenvalue weighted by molar-refractivity contribution is 7.15. The summed E-state index contributed by atoms with van der Waals surface area (Å²) in [4.78, 5) is 15.1. The van der Waals surface area contributed by atoms with Crippen molar-refractivity contribution in [3.8, 4) is 10.6 Å². The minimum absolute atomic E-state index is 0.659. The molecule has 0 bridgehead atoms. The Kier molecular flexibility index (Phi) is 5.07. The van der Waals surface area contributed by atoms with Crippen molar-refractivity contribution in [3.05, 3.63) is 52.5 Å². The summed E-state index contributed by atoms with van der Waals surface area (Å²) in [5, 5.41) is 3.96. The van der Waals surface area contributed by atoms with E-state index in [2.05, 4.69) is 44.4 Å². The molecule has 0 spiro atoms. The van der Waals surface area contributed by atoms with Gasteiger partial charge in [-0.3, -0.25) is 9.80 Å². The van der Waals surface area contributed by atoms with Crippen molar-refractivity contribution < 1.29 is 0 Å². The molecule has 0 saturated carbocycles. The largest absolute Gasteiger partial charge is 0.375 e. The lowest BCUT2D eigenvalue weighted by molar-refractivity contribution is 0.122. The van der Waals surface area contributed by atoms with Crippen LogP contribution in [0.15, 0.2) is 41.9 Å². The van der Waals surface area contributed by atoms with Crippen LogP contribution in [0.1, 0.15) is 10.6 Å². The van der Waals surface area contributed by atoms with E-state index in [0.717, 1.165) is 44.3 Å². The zero-order valence-corrected chi connectivity index (χ0v) is 15.6. The monoisotopic (exact) mass is 371 g/mol. The smallest absolute Gasteiger partial charge is 0.180 e. The van der Waals surface area contributed by atoms with Gasteiger partial charge >= 0.3 is 0 Å². The summed E-state index contributed by atoms with van der Waals surface area (Å²) in [6.07, 6.45) is 1.90. The fourth-order valence-electron chi connectivity index (χ4n) is 3.04. The number of piperazine rings is 1. The highest BCUT2D eigenvalue weighted by Crippen LogP contribution is 2.24. The molecule has 7 heteroatoms. The molecular weight excluding hydrogens is 350 g/mol. The fraction of sp³-hybridized carbons (Fsp3) is 0.333. The van der Waals surface area contributed by atoms with Gasteiger partial charge < -0.3 is 5.73 Å². The third-order valence-corrected chi connectivity index (χ3v) is 6.13. The van der Waals surface area contributed by atoms with Gasteiger partial charge in [0.1, 0.15) is 5.01 Å². The molecule has 4 rings (SSSR count). The highest BCUT2D eigenvalue weighted by Gasteiger charge is 2.18. The van der Waals surface area contributed by atoms with Crippen LogP contribution in [0.4, 0.5) is 5.13 Å². The molecular formula is C18H21N5S2. The minimum atomic E-state index is 0.659. The zero-order valence-electron chi connectivity index (χ0n) is 14.0. The molecule has 2 N–H and O–H groups in total. The maximum absolute atomic E-state index is 5.71. The maximum atomic E-state index is 5.71. The third kappa shape index (κ3) is 4.24. The van der Waals surface area contributed by atoms with Crippen LogP contribution in [0.5, 0.6) is 0 Å². The van der Waals surface area contributed by atoms with E-state index in [1.807, 2.05) is 12.3 Å². The molecule has 3 heterocycles. The van der Waals surface area contributed by atoms with E-state index in [0.29, 0.717) is 5.13 Å². The van der Waals surface area contributed by atoms with Gasteiger partial charge in [-0.25, -0.2) is 9.97 Å². The number of hydrogen-bond donors (Lipinski definition) is 1. The molecule has 0 aliphatic carbocycles. The number of anilines is 1. The molecule has 1 aliphatic heterocycles. The molecule has 1 aliphatic rings. The predicted molar refractivity (Wildman–Crippen MR) is 105 cm³/mol. The summed E-state index contributed by atoms with van der Waals surface area (Å²) in [5.41, 5.74) is 8.09. The van der Waals surface area contributed by atoms with Gasteiger partial charge in [-0.1, -0.05) is 30.3 Å². The van der Waals surface area contributed by atoms with Gasteiger partial charge in [-0.05, 0) is 0 Å². The summed E-state index contributed by atoms with van der Waals surface area (Å²) < 4.78 is 0. The molecule has 2 aromatic heterocycles. The Morgan fingerprint density at radius 2 is 1.72 bits per heavy atom. The highest BCUT2D eigenvalue weighted by atomic mass is 32.1. The second-order valence-corrected chi connectivity index (χ2v) is 8.23. The van der Waals surface area contributed by atoms with E-state index in [1.165, 1.54) is 16.1 Å². The first-order chi connectivity index (χ1) is 12.3. The maximum Gasteiger partial charge on any atom is 0.180 e. The van der Waals surface area contributed by atoms with Crippen LogP contribution in [0.3, 0.4) is 0 Å². The Morgan fingerprint density at radius 1 is 1.00 bits per heavy atom. The Bertz CT molecular complexity index is 806. The number of nitrogen functional groups attached to an aromatic ring is 1. The van der Waals surface area contributed by atoms with Crippen LogP contribution in [0.25, 0.3) is 10.6 Å². The zero-order chi connectivity index (χ0) is 17.1. The molecule has 25 heavy (non-hydrogen) atoms. The van der Waals surface area contributed by atoms with Crippen molar-refractivity contribution in [2.24, 2.45) is 0 Å². The number of benzene rings is 1. The number of aromatic nitrogens is 2. The summed E-state index contributed by atoms with van der Waals surface area (Å²) in [6.45, 7) is 6.20. The lowest BCUT2D eigenvalue weighted by Crippen LogP contribution is -2.45. The molecule has 1 saturated heterocycles. The van der Waals surface area contributed by atoms with Crippen molar-refractivity contribution in [3.63, 3.8) is 0 Å². The van der Waals surface area contributed by atoms with Gasteiger partial charge in [0.25, 0.3) is 0 Å². The van der Waals surface area contributed by atoms with Crippen LogP contribution in [0, 0.1) is 0 Å². The molecule has 0 unspecified atom stereocenters. The van der Waals surface area contributed by atoms with Crippen molar-refractivity contribution in [2.75, 3.05) is 31.9 Å². The van der Waals surface area contributed by atoms with Crippen molar-refractivity contribution in [2.45, 2.75) is 13.1 Å². The van der Waals surface area contributed by atoms with Crippen molar-refractivity contribution >= 4 is 27.8 Å². The van der Waals surface area contributed by atoms with Gasteiger partial charge in [0.05, 0.1) is 5.69 Å². The lowest BCUT2D eigenvalue weighted by atomic mass is 10.2. The van der Waals surface area contributed by atoms with Crippen LogP contribution in [-0.4, -0.2) is 45.9 Å². The molecule has 1 fully saturated rings. The molecule has 0 radical (unpaired) electrons. The number of nitrogens with zero attached hydrogens (tertiary/aromatic N) is 4. The van der Waals surface area contributed by atoms with Gasteiger partial charge in [0.2, 0.25) is 0 Å². The van der Waals surface area contributed by atoms with E-state index in [1.54, 1.807) is 22.7 Å². The second-order valence-electron chi connectivity index (χ2n) is 6.23. The number of rotatable bonds is 5. The predicted octanol–water partition coefficient (Wildman–Crippen LogP) is 3.17. The molecule has 3 aromatic rings. The van der Waals surface area contributed by atoms with E-state index in [9.17, 15) is 0 Å². The van der Waals surface area contributed by atoms with E-state index in [-0.39, 0.29) is 0 Å². The molecule has 130 valence electrons. The Balaban J connectivity index is 1.29. The molecule has 0 atom stereocenters. The topological polar surface area (TPSA) is 58.3 Å². The molecule has 0 amide bonds. The average Bonchev–Trinajstić information content (AvgIpc) is 3.27.